The van der Waals surface area contributed by atoms with E-state index in [2.05, 4.69) is 20.5 Å². The van der Waals surface area contributed by atoms with Crippen LogP contribution in [-0.4, -0.2) is 26.8 Å². The van der Waals surface area contributed by atoms with Crippen LogP contribution in [0.2, 0.25) is 0 Å². The molecule has 0 radical (unpaired) electrons. The number of rotatable bonds is 6. The van der Waals surface area contributed by atoms with Crippen molar-refractivity contribution < 1.29 is 4.79 Å². The van der Waals surface area contributed by atoms with Gasteiger partial charge in [-0.1, -0.05) is 11.8 Å². The van der Waals surface area contributed by atoms with E-state index in [1.54, 1.807) is 24.3 Å². The molecule has 0 aliphatic carbocycles. The fourth-order valence-corrected chi connectivity index (χ4v) is 2.24. The van der Waals surface area contributed by atoms with Gasteiger partial charge in [0.25, 0.3) is 0 Å². The van der Waals surface area contributed by atoms with E-state index in [0.717, 1.165) is 17.3 Å². The van der Waals surface area contributed by atoms with Gasteiger partial charge in [0.2, 0.25) is 5.91 Å². The van der Waals surface area contributed by atoms with Crippen molar-refractivity contribution in [2.75, 3.05) is 11.1 Å². The molecule has 0 fully saturated rings. The minimum atomic E-state index is -0.0344. The molecule has 0 spiro atoms. The first-order valence-electron chi connectivity index (χ1n) is 6.06. The molecule has 1 heterocycles. The number of nitrogens with zero attached hydrogens (tertiary/aromatic N) is 3. The monoisotopic (exact) mass is 287 g/mol. The number of amides is 1. The molecule has 1 aromatic carbocycles. The third-order valence-corrected chi connectivity index (χ3v) is 3.44. The molecule has 2 aromatic rings. The molecule has 0 aliphatic rings. The highest BCUT2D eigenvalue weighted by Gasteiger charge is 2.03. The number of hydrogen-bond donors (Lipinski definition) is 2. The lowest BCUT2D eigenvalue weighted by Crippen LogP contribution is -2.11. The highest BCUT2D eigenvalue weighted by Crippen LogP contribution is 2.14. The Bertz CT molecular complexity index is 588. The van der Waals surface area contributed by atoms with Crippen molar-refractivity contribution in [3.8, 4) is 6.07 Å². The number of nitriles is 1. The van der Waals surface area contributed by atoms with Crippen LogP contribution in [0.1, 0.15) is 18.4 Å². The summed E-state index contributed by atoms with van der Waals surface area (Å²) >= 11 is 1.54. The standard InChI is InChI=1S/C13H13N5OS/c14-8-10-3-5-11(6-4-10)17-12(19)2-1-7-20-13-15-9-16-18-13/h3-6,9H,1-2,7H2,(H,17,19)(H,15,16,18). The van der Waals surface area contributed by atoms with Gasteiger partial charge in [0.1, 0.15) is 6.33 Å². The fourth-order valence-electron chi connectivity index (χ4n) is 1.52. The van der Waals surface area contributed by atoms with Gasteiger partial charge in [-0.2, -0.15) is 10.4 Å². The second-order valence-electron chi connectivity index (χ2n) is 3.98. The van der Waals surface area contributed by atoms with Crippen molar-refractivity contribution in [1.82, 2.24) is 15.2 Å². The van der Waals surface area contributed by atoms with Crippen LogP contribution in [0.3, 0.4) is 0 Å². The van der Waals surface area contributed by atoms with E-state index in [0.29, 0.717) is 17.7 Å². The maximum absolute atomic E-state index is 11.7. The Labute approximate surface area is 120 Å². The lowest BCUT2D eigenvalue weighted by atomic mass is 10.2. The molecule has 20 heavy (non-hydrogen) atoms. The zero-order valence-electron chi connectivity index (χ0n) is 10.7. The topological polar surface area (TPSA) is 94.5 Å². The summed E-state index contributed by atoms with van der Waals surface area (Å²) in [6, 6.07) is 8.83. The normalized spacial score (nSPS) is 9.95. The first-order chi connectivity index (χ1) is 9.78. The lowest BCUT2D eigenvalue weighted by Gasteiger charge is -2.04. The average molecular weight is 287 g/mol. The zero-order valence-corrected chi connectivity index (χ0v) is 11.5. The Morgan fingerprint density at radius 2 is 2.20 bits per heavy atom. The van der Waals surface area contributed by atoms with Crippen LogP contribution in [0.5, 0.6) is 0 Å². The van der Waals surface area contributed by atoms with Crippen LogP contribution >= 0.6 is 11.8 Å². The summed E-state index contributed by atoms with van der Waals surface area (Å²) in [5.74, 6) is 0.767. The molecule has 0 saturated heterocycles. The highest BCUT2D eigenvalue weighted by molar-refractivity contribution is 7.99. The van der Waals surface area contributed by atoms with Gasteiger partial charge in [-0.05, 0) is 30.7 Å². The second-order valence-corrected chi connectivity index (χ2v) is 5.06. The fraction of sp³-hybridized carbons (Fsp3) is 0.231. The predicted molar refractivity (Wildman–Crippen MR) is 76.1 cm³/mol. The van der Waals surface area contributed by atoms with Crippen LogP contribution < -0.4 is 5.32 Å². The number of hydrogen-bond acceptors (Lipinski definition) is 5. The molecular formula is C13H13N5OS. The Morgan fingerprint density at radius 1 is 1.40 bits per heavy atom. The number of aromatic nitrogens is 3. The first-order valence-corrected chi connectivity index (χ1v) is 7.04. The van der Waals surface area contributed by atoms with Gasteiger partial charge in [0.05, 0.1) is 11.6 Å². The number of H-pyrrole nitrogens is 1. The summed E-state index contributed by atoms with van der Waals surface area (Å²) < 4.78 is 0. The maximum atomic E-state index is 11.7. The van der Waals surface area contributed by atoms with Crippen molar-refractivity contribution in [1.29, 1.82) is 5.26 Å². The molecule has 2 N–H and O–H groups in total. The van der Waals surface area contributed by atoms with Crippen molar-refractivity contribution >= 4 is 23.4 Å². The molecule has 7 heteroatoms. The minimum absolute atomic E-state index is 0.0344. The minimum Gasteiger partial charge on any atom is -0.326 e. The number of anilines is 1. The van der Waals surface area contributed by atoms with Crippen molar-refractivity contribution in [2.24, 2.45) is 0 Å². The number of aromatic amines is 1. The first kappa shape index (κ1) is 14.1. The van der Waals surface area contributed by atoms with Crippen molar-refractivity contribution in [3.63, 3.8) is 0 Å². The Hall–Kier alpha value is -2.33. The lowest BCUT2D eigenvalue weighted by molar-refractivity contribution is -0.116. The molecule has 0 atom stereocenters. The van der Waals surface area contributed by atoms with E-state index in [1.807, 2.05) is 6.07 Å². The zero-order chi connectivity index (χ0) is 14.2. The van der Waals surface area contributed by atoms with E-state index in [-0.39, 0.29) is 5.91 Å². The molecular weight excluding hydrogens is 274 g/mol. The smallest absolute Gasteiger partial charge is 0.224 e. The van der Waals surface area contributed by atoms with E-state index in [4.69, 9.17) is 5.26 Å². The van der Waals surface area contributed by atoms with E-state index >= 15 is 0 Å². The molecule has 2 rings (SSSR count). The van der Waals surface area contributed by atoms with Crippen molar-refractivity contribution in [2.45, 2.75) is 18.0 Å². The summed E-state index contributed by atoms with van der Waals surface area (Å²) in [7, 11) is 0. The van der Waals surface area contributed by atoms with E-state index in [9.17, 15) is 4.79 Å². The van der Waals surface area contributed by atoms with Gasteiger partial charge in [-0.3, -0.25) is 9.89 Å². The quantitative estimate of drug-likeness (QED) is 0.627. The van der Waals surface area contributed by atoms with Crippen LogP contribution in [-0.2, 0) is 4.79 Å². The van der Waals surface area contributed by atoms with Gasteiger partial charge >= 0.3 is 0 Å². The summed E-state index contributed by atoms with van der Waals surface area (Å²) in [4.78, 5) is 15.7. The SMILES string of the molecule is N#Cc1ccc(NC(=O)CCCSc2ncn[nH]2)cc1. The molecule has 1 aromatic heterocycles. The highest BCUT2D eigenvalue weighted by atomic mass is 32.2. The molecule has 0 saturated carbocycles. The van der Waals surface area contributed by atoms with Crippen LogP contribution in [0.4, 0.5) is 5.69 Å². The van der Waals surface area contributed by atoms with Crippen LogP contribution in [0.15, 0.2) is 35.7 Å². The number of nitrogens with one attached hydrogen (secondary N) is 2. The number of thioether (sulfide) groups is 1. The second kappa shape index (κ2) is 7.31. The third-order valence-electron chi connectivity index (χ3n) is 2.48. The average Bonchev–Trinajstić information content (AvgIpc) is 2.98. The van der Waals surface area contributed by atoms with Crippen molar-refractivity contribution in [3.05, 3.63) is 36.2 Å². The molecule has 6 nitrogen and oxygen atoms in total. The van der Waals surface area contributed by atoms with Gasteiger partial charge < -0.3 is 5.32 Å². The Kier molecular flexibility index (Phi) is 5.15. The summed E-state index contributed by atoms with van der Waals surface area (Å²) in [6.45, 7) is 0. The van der Waals surface area contributed by atoms with Crippen LogP contribution in [0, 0.1) is 11.3 Å². The Balaban J connectivity index is 1.68. The predicted octanol–water partition coefficient (Wildman–Crippen LogP) is 2.19. The van der Waals surface area contributed by atoms with Gasteiger partial charge in [0, 0.05) is 17.9 Å². The Morgan fingerprint density at radius 3 is 2.85 bits per heavy atom. The van der Waals surface area contributed by atoms with Gasteiger partial charge in [-0.25, -0.2) is 4.98 Å². The molecule has 0 bridgehead atoms. The molecule has 0 unspecified atom stereocenters. The number of carbonyl (C=O) groups is 1. The largest absolute Gasteiger partial charge is 0.326 e. The third kappa shape index (κ3) is 4.40. The summed E-state index contributed by atoms with van der Waals surface area (Å²) in [5, 5.41) is 18.7. The van der Waals surface area contributed by atoms with E-state index in [1.165, 1.54) is 18.1 Å². The number of benzene rings is 1. The van der Waals surface area contributed by atoms with Gasteiger partial charge in [0.15, 0.2) is 5.16 Å². The molecule has 1 amide bonds. The summed E-state index contributed by atoms with van der Waals surface area (Å²) in [6.07, 6.45) is 2.66. The summed E-state index contributed by atoms with van der Waals surface area (Å²) in [5.41, 5.74) is 1.28. The maximum Gasteiger partial charge on any atom is 0.224 e. The number of carbonyl (C=O) groups excluding carboxylic acids is 1. The van der Waals surface area contributed by atoms with Crippen LogP contribution in [0.25, 0.3) is 0 Å². The van der Waals surface area contributed by atoms with Gasteiger partial charge in [-0.15, -0.1) is 0 Å². The van der Waals surface area contributed by atoms with E-state index < -0.39 is 0 Å². The molecule has 102 valence electrons. The molecule has 0 aliphatic heterocycles.